The zero-order valence-electron chi connectivity index (χ0n) is 25.6. The maximum Gasteiger partial charge on any atom is 0.336 e. The smallest absolute Gasteiger partial charge is 0.336 e. The van der Waals surface area contributed by atoms with Gasteiger partial charge in [-0.25, -0.2) is 9.59 Å². The molecule has 41 heavy (non-hydrogen) atoms. The van der Waals surface area contributed by atoms with Crippen molar-refractivity contribution in [3.05, 3.63) is 59.7 Å². The first kappa shape index (κ1) is 35.2. The van der Waals surface area contributed by atoms with Crippen LogP contribution in [0.5, 0.6) is 0 Å². The first-order valence-corrected chi connectivity index (χ1v) is 17.4. The van der Waals surface area contributed by atoms with Crippen molar-refractivity contribution in [3.8, 4) is 0 Å². The fourth-order valence-electron chi connectivity index (χ4n) is 5.68. The van der Waals surface area contributed by atoms with Crippen LogP contribution in [0.1, 0.15) is 113 Å². The molecule has 0 aliphatic carbocycles. The second kappa shape index (κ2) is 19.3. The van der Waals surface area contributed by atoms with E-state index in [0.717, 1.165) is 66.1 Å². The summed E-state index contributed by atoms with van der Waals surface area (Å²) in [6.45, 7) is 13.2. The fraction of sp³-hybridized carbons (Fsp3) is 0.588. The summed E-state index contributed by atoms with van der Waals surface area (Å²) in [5, 5.41) is 20.3. The minimum atomic E-state index is -0.869. The van der Waals surface area contributed by atoms with Gasteiger partial charge in [0.2, 0.25) is 0 Å². The number of nitrogens with zero attached hydrogens (tertiary/aromatic N) is 1. The predicted octanol–water partition coefficient (Wildman–Crippen LogP) is 9.50. The Balaban J connectivity index is 2.47. The van der Waals surface area contributed by atoms with Gasteiger partial charge in [-0.1, -0.05) is 77.6 Å². The fourth-order valence-corrected chi connectivity index (χ4v) is 8.77. The molecule has 0 aromatic heterocycles. The number of hydrogen-bond acceptors (Lipinski definition) is 4. The number of benzene rings is 2. The second-order valence-corrected chi connectivity index (χ2v) is 13.9. The van der Waals surface area contributed by atoms with Crippen molar-refractivity contribution in [2.75, 3.05) is 26.2 Å². The second-order valence-electron chi connectivity index (χ2n) is 11.2. The Morgan fingerprint density at radius 1 is 0.634 bits per heavy atom. The molecule has 2 N–H and O–H groups in total. The van der Waals surface area contributed by atoms with Crippen LogP contribution in [0.4, 0.5) is 0 Å². The van der Waals surface area contributed by atoms with Crippen molar-refractivity contribution in [2.45, 2.75) is 112 Å². The molecule has 0 saturated carbocycles. The average molecular weight is 603 g/mol. The number of hydrogen-bond donors (Lipinski definition) is 2. The number of thioether (sulfide) groups is 2. The van der Waals surface area contributed by atoms with Crippen molar-refractivity contribution in [2.24, 2.45) is 0 Å². The number of carboxylic acid groups (broad SMARTS) is 2. The molecule has 2 aromatic carbocycles. The van der Waals surface area contributed by atoms with Crippen LogP contribution in [0.25, 0.3) is 0 Å². The summed E-state index contributed by atoms with van der Waals surface area (Å²) in [5.41, 5.74) is 0.775. The number of aromatic carboxylic acids is 2. The molecular formula is C34H52NO4S2+. The third-order valence-corrected chi connectivity index (χ3v) is 10.4. The first-order valence-electron chi connectivity index (χ1n) is 15.6. The molecule has 2 rings (SSSR count). The van der Waals surface area contributed by atoms with E-state index in [1.54, 1.807) is 47.8 Å². The molecule has 0 fully saturated rings. The van der Waals surface area contributed by atoms with Gasteiger partial charge in [-0.15, -0.1) is 23.5 Å². The molecule has 0 aliphatic heterocycles. The van der Waals surface area contributed by atoms with Gasteiger partial charge in [0.1, 0.15) is 0 Å². The molecular weight excluding hydrogens is 551 g/mol. The Morgan fingerprint density at radius 2 is 1.02 bits per heavy atom. The molecule has 0 heterocycles. The number of quaternary nitrogens is 1. The lowest BCUT2D eigenvalue weighted by atomic mass is 10.1. The topological polar surface area (TPSA) is 74.6 Å². The van der Waals surface area contributed by atoms with Crippen molar-refractivity contribution in [1.82, 2.24) is 0 Å². The molecule has 5 nitrogen and oxygen atoms in total. The van der Waals surface area contributed by atoms with E-state index in [1.165, 1.54) is 38.5 Å². The van der Waals surface area contributed by atoms with Crippen LogP contribution in [0.2, 0.25) is 0 Å². The van der Waals surface area contributed by atoms with Crippen LogP contribution in [-0.4, -0.2) is 63.3 Å². The van der Waals surface area contributed by atoms with Crippen LogP contribution < -0.4 is 0 Å². The van der Waals surface area contributed by atoms with Gasteiger partial charge in [-0.05, 0) is 62.8 Å². The summed E-state index contributed by atoms with van der Waals surface area (Å²) < 4.78 is 1.01. The summed E-state index contributed by atoms with van der Waals surface area (Å²) >= 11 is 3.49. The van der Waals surface area contributed by atoms with Crippen LogP contribution in [-0.2, 0) is 0 Å². The van der Waals surface area contributed by atoms with E-state index in [0.29, 0.717) is 21.6 Å². The van der Waals surface area contributed by atoms with E-state index in [-0.39, 0.29) is 0 Å². The third kappa shape index (κ3) is 12.0. The molecule has 0 amide bonds. The Labute approximate surface area is 257 Å². The SMILES string of the molecule is CCCCC[N+](CCCCC)(CC(CCC)Sc1ccccc1C(=O)O)CC(CCC)Sc1ccccc1C(=O)O. The van der Waals surface area contributed by atoms with Crippen LogP contribution in [0.3, 0.4) is 0 Å². The van der Waals surface area contributed by atoms with Crippen molar-refractivity contribution in [3.63, 3.8) is 0 Å². The van der Waals surface area contributed by atoms with E-state index in [9.17, 15) is 19.8 Å². The summed E-state index contributed by atoms with van der Waals surface area (Å²) in [6, 6.07) is 14.8. The van der Waals surface area contributed by atoms with Crippen LogP contribution in [0.15, 0.2) is 58.3 Å². The van der Waals surface area contributed by atoms with E-state index in [2.05, 4.69) is 27.7 Å². The minimum Gasteiger partial charge on any atom is -0.478 e. The van der Waals surface area contributed by atoms with Gasteiger partial charge in [0.15, 0.2) is 0 Å². The molecule has 0 saturated heterocycles. The highest BCUT2D eigenvalue weighted by molar-refractivity contribution is 8.00. The molecule has 0 radical (unpaired) electrons. The maximum atomic E-state index is 12.0. The lowest BCUT2D eigenvalue weighted by molar-refractivity contribution is -0.927. The predicted molar refractivity (Wildman–Crippen MR) is 175 cm³/mol. The van der Waals surface area contributed by atoms with Gasteiger partial charge in [0, 0.05) is 9.79 Å². The van der Waals surface area contributed by atoms with Gasteiger partial charge < -0.3 is 14.7 Å². The molecule has 228 valence electrons. The van der Waals surface area contributed by atoms with E-state index in [1.807, 2.05) is 24.3 Å². The third-order valence-electron chi connectivity index (χ3n) is 7.70. The quantitative estimate of drug-likeness (QED) is 0.0794. The first-order chi connectivity index (χ1) is 19.8. The van der Waals surface area contributed by atoms with Crippen LogP contribution in [0, 0.1) is 0 Å². The average Bonchev–Trinajstić information content (AvgIpc) is 2.94. The van der Waals surface area contributed by atoms with Crippen molar-refractivity contribution >= 4 is 35.5 Å². The Hall–Kier alpha value is -1.96. The number of carboxylic acids is 2. The Kier molecular flexibility index (Phi) is 16.6. The highest BCUT2D eigenvalue weighted by atomic mass is 32.2. The maximum absolute atomic E-state index is 12.0. The van der Waals surface area contributed by atoms with Gasteiger partial charge in [-0.3, -0.25) is 0 Å². The molecule has 0 bridgehead atoms. The molecule has 2 atom stereocenters. The summed E-state index contributed by atoms with van der Waals surface area (Å²) in [5.74, 6) is -1.74. The largest absolute Gasteiger partial charge is 0.478 e. The van der Waals surface area contributed by atoms with Crippen LogP contribution >= 0.6 is 23.5 Å². The monoisotopic (exact) mass is 602 g/mol. The lowest BCUT2D eigenvalue weighted by Gasteiger charge is -2.43. The minimum absolute atomic E-state index is 0.308. The molecule has 7 heteroatoms. The van der Waals surface area contributed by atoms with Gasteiger partial charge in [-0.2, -0.15) is 0 Å². The number of carbonyl (C=O) groups is 2. The van der Waals surface area contributed by atoms with Gasteiger partial charge in [0.05, 0.1) is 47.8 Å². The van der Waals surface area contributed by atoms with Gasteiger partial charge >= 0.3 is 11.9 Å². The summed E-state index contributed by atoms with van der Waals surface area (Å²) in [6.07, 6.45) is 11.3. The van der Waals surface area contributed by atoms with E-state index < -0.39 is 11.9 Å². The molecule has 2 aromatic rings. The number of rotatable bonds is 22. The normalized spacial score (nSPS) is 13.2. The number of unbranched alkanes of at least 4 members (excludes halogenated alkanes) is 4. The Bertz CT molecular complexity index is 977. The molecule has 2 unspecified atom stereocenters. The van der Waals surface area contributed by atoms with Crippen molar-refractivity contribution < 1.29 is 24.3 Å². The van der Waals surface area contributed by atoms with E-state index in [4.69, 9.17) is 0 Å². The highest BCUT2D eigenvalue weighted by Gasteiger charge is 2.34. The highest BCUT2D eigenvalue weighted by Crippen LogP contribution is 2.35. The molecule has 0 spiro atoms. The van der Waals surface area contributed by atoms with Gasteiger partial charge in [0.25, 0.3) is 0 Å². The zero-order chi connectivity index (χ0) is 30.1. The molecule has 0 aliphatic rings. The standard InChI is InChI=1S/C34H51NO4S2/c1-5-9-15-23-35(24-16-10-6-2,25-27(17-7-3)40-31-21-13-11-19-29(31)33(36)37)26-28(18-8-4)41-32-22-14-12-20-30(32)34(38)39/h11-14,19-22,27-28H,5-10,15-18,23-26H2,1-4H3,(H-,36,37,38,39)/p+1. The van der Waals surface area contributed by atoms with Crippen molar-refractivity contribution in [1.29, 1.82) is 0 Å². The zero-order valence-corrected chi connectivity index (χ0v) is 27.3. The Morgan fingerprint density at radius 3 is 1.37 bits per heavy atom. The summed E-state index contributed by atoms with van der Waals surface area (Å²) in [7, 11) is 0. The lowest BCUT2D eigenvalue weighted by Crippen LogP contribution is -2.56. The van der Waals surface area contributed by atoms with E-state index >= 15 is 0 Å². The summed E-state index contributed by atoms with van der Waals surface area (Å²) in [4.78, 5) is 25.7.